The van der Waals surface area contributed by atoms with Gasteiger partial charge in [0.2, 0.25) is 11.8 Å². The van der Waals surface area contributed by atoms with E-state index in [1.165, 1.54) is 0 Å². The fraction of sp³-hybridized carbons (Fsp3) is 0.571. The highest BCUT2D eigenvalue weighted by atomic mass is 16.5. The van der Waals surface area contributed by atoms with Crippen molar-refractivity contribution in [2.24, 2.45) is 0 Å². The van der Waals surface area contributed by atoms with Crippen molar-refractivity contribution in [3.8, 4) is 0 Å². The molecule has 2 amide bonds. The van der Waals surface area contributed by atoms with Gasteiger partial charge in [-0.25, -0.2) is 0 Å². The second-order valence-electron chi connectivity index (χ2n) is 7.44. The molecule has 3 rings (SSSR count). The Morgan fingerprint density at radius 3 is 2.00 bits per heavy atom. The lowest BCUT2D eigenvalue weighted by molar-refractivity contribution is -0.140. The lowest BCUT2D eigenvalue weighted by Crippen LogP contribution is -2.53. The van der Waals surface area contributed by atoms with Crippen LogP contribution in [-0.2, 0) is 14.3 Å². The highest BCUT2D eigenvalue weighted by molar-refractivity contribution is 5.98. The number of carbonyl (C=O) groups is 3. The van der Waals surface area contributed by atoms with Crippen LogP contribution in [0.2, 0.25) is 0 Å². The monoisotopic (exact) mass is 387 g/mol. The van der Waals surface area contributed by atoms with Crippen molar-refractivity contribution < 1.29 is 19.1 Å². The molecule has 1 aromatic carbocycles. The van der Waals surface area contributed by atoms with E-state index in [1.54, 1.807) is 17.0 Å². The number of benzene rings is 1. The quantitative estimate of drug-likeness (QED) is 0.680. The van der Waals surface area contributed by atoms with Gasteiger partial charge in [0.15, 0.2) is 5.78 Å². The Kier molecular flexibility index (Phi) is 7.17. The number of hydrogen-bond acceptors (Lipinski definition) is 5. The maximum absolute atomic E-state index is 12.4. The van der Waals surface area contributed by atoms with E-state index in [0.717, 1.165) is 18.7 Å². The molecule has 0 atom stereocenters. The van der Waals surface area contributed by atoms with E-state index in [2.05, 4.69) is 4.90 Å². The predicted molar refractivity (Wildman–Crippen MR) is 105 cm³/mol. The lowest BCUT2D eigenvalue weighted by Gasteiger charge is -2.36. The first-order valence-corrected chi connectivity index (χ1v) is 9.98. The maximum atomic E-state index is 12.4. The number of Topliss-reactive ketones (excluding diaryl/α,β-unsaturated/α-hetero) is 1. The topological polar surface area (TPSA) is 70.2 Å². The van der Waals surface area contributed by atoms with Gasteiger partial charge >= 0.3 is 0 Å². The normalized spacial score (nSPS) is 18.2. The van der Waals surface area contributed by atoms with Crippen LogP contribution in [0.15, 0.2) is 24.3 Å². The average Bonchev–Trinajstić information content (AvgIpc) is 2.73. The number of amides is 2. The van der Waals surface area contributed by atoms with Crippen molar-refractivity contribution in [1.82, 2.24) is 14.7 Å². The van der Waals surface area contributed by atoms with Crippen LogP contribution in [0.1, 0.15) is 28.8 Å². The number of piperazine rings is 1. The third-order valence-corrected chi connectivity index (χ3v) is 5.39. The van der Waals surface area contributed by atoms with Crippen LogP contribution in [0.3, 0.4) is 0 Å². The Balaban J connectivity index is 1.39. The van der Waals surface area contributed by atoms with Gasteiger partial charge in [-0.05, 0) is 6.92 Å². The summed E-state index contributed by atoms with van der Waals surface area (Å²) in [5.41, 5.74) is 1.76. The molecule has 2 aliphatic rings. The zero-order valence-corrected chi connectivity index (χ0v) is 16.6. The van der Waals surface area contributed by atoms with Crippen LogP contribution in [-0.4, -0.2) is 91.3 Å². The van der Waals surface area contributed by atoms with Gasteiger partial charge in [-0.1, -0.05) is 29.8 Å². The summed E-state index contributed by atoms with van der Waals surface area (Å²) < 4.78 is 5.31. The van der Waals surface area contributed by atoms with Crippen LogP contribution in [0.25, 0.3) is 0 Å². The molecule has 2 fully saturated rings. The van der Waals surface area contributed by atoms with E-state index in [4.69, 9.17) is 4.74 Å². The number of nitrogens with zero attached hydrogens (tertiary/aromatic N) is 3. The Morgan fingerprint density at radius 2 is 1.39 bits per heavy atom. The van der Waals surface area contributed by atoms with E-state index >= 15 is 0 Å². The molecule has 0 aromatic heterocycles. The van der Waals surface area contributed by atoms with Gasteiger partial charge in [0, 0.05) is 57.7 Å². The molecular formula is C21H29N3O4. The fourth-order valence-corrected chi connectivity index (χ4v) is 3.52. The van der Waals surface area contributed by atoms with Crippen molar-refractivity contribution >= 4 is 17.6 Å². The summed E-state index contributed by atoms with van der Waals surface area (Å²) in [5.74, 6) is 0.0944. The van der Waals surface area contributed by atoms with Gasteiger partial charge in [-0.15, -0.1) is 0 Å². The van der Waals surface area contributed by atoms with Gasteiger partial charge < -0.3 is 14.5 Å². The summed E-state index contributed by atoms with van der Waals surface area (Å²) in [6.45, 7) is 7.51. The molecule has 7 nitrogen and oxygen atoms in total. The molecule has 152 valence electrons. The molecule has 0 saturated carbocycles. The first-order chi connectivity index (χ1) is 13.5. The minimum Gasteiger partial charge on any atom is -0.379 e. The minimum absolute atomic E-state index is 0.00678. The van der Waals surface area contributed by atoms with Crippen LogP contribution in [0.5, 0.6) is 0 Å². The Hall–Kier alpha value is -2.25. The second-order valence-corrected chi connectivity index (χ2v) is 7.44. The predicted octanol–water partition coefficient (Wildman–Crippen LogP) is 0.961. The number of rotatable bonds is 6. The van der Waals surface area contributed by atoms with E-state index in [0.29, 0.717) is 51.5 Å². The highest BCUT2D eigenvalue weighted by Gasteiger charge is 2.25. The van der Waals surface area contributed by atoms with Crippen LogP contribution < -0.4 is 0 Å². The molecule has 0 aliphatic carbocycles. The van der Waals surface area contributed by atoms with Crippen molar-refractivity contribution in [3.05, 3.63) is 35.4 Å². The number of carbonyl (C=O) groups excluding carboxylic acids is 3. The minimum atomic E-state index is -0.0132. The third kappa shape index (κ3) is 5.62. The zero-order chi connectivity index (χ0) is 19.9. The van der Waals surface area contributed by atoms with Gasteiger partial charge in [-0.3, -0.25) is 19.3 Å². The first kappa shape index (κ1) is 20.5. The van der Waals surface area contributed by atoms with E-state index in [-0.39, 0.29) is 30.4 Å². The molecule has 2 aliphatic heterocycles. The Morgan fingerprint density at radius 1 is 0.821 bits per heavy atom. The number of hydrogen-bond donors (Lipinski definition) is 0. The van der Waals surface area contributed by atoms with Gasteiger partial charge in [-0.2, -0.15) is 0 Å². The fourth-order valence-electron chi connectivity index (χ4n) is 3.52. The number of aryl methyl sites for hydroxylation is 1. The summed E-state index contributed by atoms with van der Waals surface area (Å²) in [5, 5.41) is 0. The molecule has 1 aromatic rings. The van der Waals surface area contributed by atoms with Crippen LogP contribution in [0, 0.1) is 6.92 Å². The SMILES string of the molecule is Cc1ccc(C(=O)CCC(=O)N2CCN(C(=O)CN3CCOCC3)CC2)cc1. The zero-order valence-electron chi connectivity index (χ0n) is 16.6. The number of ketones is 1. The third-order valence-electron chi connectivity index (χ3n) is 5.39. The van der Waals surface area contributed by atoms with Crippen molar-refractivity contribution in [2.75, 3.05) is 59.0 Å². The standard InChI is InChI=1S/C21H29N3O4/c1-17-2-4-18(5-3-17)19(25)6-7-20(26)23-8-10-24(11-9-23)21(27)16-22-12-14-28-15-13-22/h2-5H,6-16H2,1H3. The molecule has 0 spiro atoms. The van der Waals surface area contributed by atoms with Crippen molar-refractivity contribution in [3.63, 3.8) is 0 Å². The molecule has 0 unspecified atom stereocenters. The lowest BCUT2D eigenvalue weighted by atomic mass is 10.0. The summed E-state index contributed by atoms with van der Waals surface area (Å²) in [4.78, 5) is 42.8. The van der Waals surface area contributed by atoms with Crippen molar-refractivity contribution in [2.45, 2.75) is 19.8 Å². The van der Waals surface area contributed by atoms with E-state index in [9.17, 15) is 14.4 Å². The summed E-state index contributed by atoms with van der Waals surface area (Å²) in [7, 11) is 0. The largest absolute Gasteiger partial charge is 0.379 e. The van der Waals surface area contributed by atoms with E-state index in [1.807, 2.05) is 24.0 Å². The smallest absolute Gasteiger partial charge is 0.236 e. The Bertz CT molecular complexity index is 690. The summed E-state index contributed by atoms with van der Waals surface area (Å²) in [6.07, 6.45) is 0.437. The average molecular weight is 387 g/mol. The molecule has 28 heavy (non-hydrogen) atoms. The van der Waals surface area contributed by atoms with Crippen LogP contribution >= 0.6 is 0 Å². The van der Waals surface area contributed by atoms with Crippen molar-refractivity contribution in [1.29, 1.82) is 0 Å². The van der Waals surface area contributed by atoms with Gasteiger partial charge in [0.1, 0.15) is 0 Å². The van der Waals surface area contributed by atoms with Gasteiger partial charge in [0.25, 0.3) is 0 Å². The van der Waals surface area contributed by atoms with E-state index < -0.39 is 0 Å². The summed E-state index contributed by atoms with van der Waals surface area (Å²) in [6, 6.07) is 7.42. The molecule has 0 radical (unpaired) electrons. The highest BCUT2D eigenvalue weighted by Crippen LogP contribution is 2.11. The second kappa shape index (κ2) is 9.80. The Labute approximate surface area is 166 Å². The van der Waals surface area contributed by atoms with Crippen LogP contribution in [0.4, 0.5) is 0 Å². The molecule has 0 N–H and O–H groups in total. The molecule has 2 heterocycles. The molecule has 0 bridgehead atoms. The number of morpholine rings is 1. The molecular weight excluding hydrogens is 358 g/mol. The summed E-state index contributed by atoms with van der Waals surface area (Å²) >= 11 is 0. The first-order valence-electron chi connectivity index (χ1n) is 9.98. The number of ether oxygens (including phenoxy) is 1. The molecule has 2 saturated heterocycles. The van der Waals surface area contributed by atoms with Gasteiger partial charge in [0.05, 0.1) is 19.8 Å². The molecule has 7 heteroatoms. The maximum Gasteiger partial charge on any atom is 0.236 e.